The second-order valence-electron chi connectivity index (χ2n) is 6.93. The third-order valence-corrected chi connectivity index (χ3v) is 5.62. The number of rotatable bonds is 0. The van der Waals surface area contributed by atoms with Crippen LogP contribution in [0, 0.1) is 0 Å². The van der Waals surface area contributed by atoms with Crippen molar-refractivity contribution < 1.29 is 0 Å². The fourth-order valence-corrected chi connectivity index (χ4v) is 4.57. The predicted molar refractivity (Wildman–Crippen MR) is 205 cm³/mol. The highest BCUT2D eigenvalue weighted by atomic mass is 14.2. The van der Waals surface area contributed by atoms with Gasteiger partial charge in [-0.05, 0) is 53.9 Å². The Kier molecular flexibility index (Phi) is 28.5. The summed E-state index contributed by atoms with van der Waals surface area (Å²) >= 11 is 0. The molecule has 6 rings (SSSR count). The van der Waals surface area contributed by atoms with Crippen molar-refractivity contribution in [2.45, 2.75) is 111 Å². The molecule has 0 aromatic heterocycles. The molecule has 0 heteroatoms. The molecule has 0 saturated carbocycles. The standard InChI is InChI=1S/C26H16.8C2H6/c1-5-13-21-17(9-1)18-10-2-6-14-22(18)26-24-16-8-4-12-20(24)19-11-3-7-15-23(19)25(21)26;8*1-2/h1-16H;8*1-2H3. The lowest BCUT2D eigenvalue weighted by Gasteiger charge is -2.16. The summed E-state index contributed by atoms with van der Waals surface area (Å²) in [7, 11) is 0. The van der Waals surface area contributed by atoms with E-state index in [9.17, 15) is 0 Å². The van der Waals surface area contributed by atoms with Gasteiger partial charge in [-0.3, -0.25) is 0 Å². The van der Waals surface area contributed by atoms with Crippen molar-refractivity contribution >= 4 is 53.9 Å². The minimum Gasteiger partial charge on any atom is -0.0683 e. The number of benzene rings is 6. The Morgan fingerprint density at radius 1 is 0.190 bits per heavy atom. The van der Waals surface area contributed by atoms with Crippen LogP contribution in [-0.2, 0) is 0 Å². The lowest BCUT2D eigenvalue weighted by Crippen LogP contribution is -1.87. The molecule has 6 aromatic carbocycles. The Balaban J connectivity index is -0.000000834. The normalized spacial score (nSPS) is 8.48. The quantitative estimate of drug-likeness (QED) is 0.160. The first-order valence-corrected chi connectivity index (χ1v) is 17.1. The molecule has 232 valence electrons. The van der Waals surface area contributed by atoms with Crippen molar-refractivity contribution in [1.82, 2.24) is 0 Å². The van der Waals surface area contributed by atoms with E-state index in [2.05, 4.69) is 97.1 Å². The van der Waals surface area contributed by atoms with Crippen LogP contribution in [0.1, 0.15) is 111 Å². The van der Waals surface area contributed by atoms with E-state index in [1.807, 2.05) is 111 Å². The van der Waals surface area contributed by atoms with Crippen molar-refractivity contribution in [1.29, 1.82) is 0 Å². The summed E-state index contributed by atoms with van der Waals surface area (Å²) in [4.78, 5) is 0. The van der Waals surface area contributed by atoms with E-state index >= 15 is 0 Å². The third kappa shape index (κ3) is 9.87. The highest BCUT2D eigenvalue weighted by Crippen LogP contribution is 2.43. The smallest absolute Gasteiger partial charge is 0.00139 e. The van der Waals surface area contributed by atoms with Gasteiger partial charge in [-0.1, -0.05) is 208 Å². The molecule has 6 aromatic rings. The summed E-state index contributed by atoms with van der Waals surface area (Å²) in [6.07, 6.45) is 0. The number of hydrogen-bond donors (Lipinski definition) is 0. The largest absolute Gasteiger partial charge is 0.0683 e. The van der Waals surface area contributed by atoms with Gasteiger partial charge in [0.15, 0.2) is 0 Å². The van der Waals surface area contributed by atoms with Gasteiger partial charge in [0.2, 0.25) is 0 Å². The molecular formula is C42H64. The fourth-order valence-electron chi connectivity index (χ4n) is 4.57. The van der Waals surface area contributed by atoms with Crippen molar-refractivity contribution in [2.75, 3.05) is 0 Å². The maximum absolute atomic E-state index is 2.27. The van der Waals surface area contributed by atoms with Gasteiger partial charge in [-0.15, -0.1) is 0 Å². The van der Waals surface area contributed by atoms with Gasteiger partial charge in [0.25, 0.3) is 0 Å². The van der Waals surface area contributed by atoms with Crippen LogP contribution in [0.3, 0.4) is 0 Å². The van der Waals surface area contributed by atoms with Crippen LogP contribution in [0.5, 0.6) is 0 Å². The lowest BCUT2D eigenvalue weighted by molar-refractivity contribution is 1.50. The van der Waals surface area contributed by atoms with Crippen LogP contribution in [0.15, 0.2) is 97.1 Å². The molecular weight excluding hydrogens is 504 g/mol. The van der Waals surface area contributed by atoms with Gasteiger partial charge < -0.3 is 0 Å². The van der Waals surface area contributed by atoms with E-state index in [1.54, 1.807) is 0 Å². The van der Waals surface area contributed by atoms with Gasteiger partial charge in [0.1, 0.15) is 0 Å². The number of hydrogen-bond acceptors (Lipinski definition) is 0. The van der Waals surface area contributed by atoms with Gasteiger partial charge >= 0.3 is 0 Å². The maximum Gasteiger partial charge on any atom is -0.00139 e. The van der Waals surface area contributed by atoms with Crippen molar-refractivity contribution in [2.24, 2.45) is 0 Å². The molecule has 0 fully saturated rings. The Bertz CT molecular complexity index is 1250. The van der Waals surface area contributed by atoms with Crippen LogP contribution in [-0.4, -0.2) is 0 Å². The molecule has 0 nitrogen and oxygen atoms in total. The van der Waals surface area contributed by atoms with Gasteiger partial charge in [-0.2, -0.15) is 0 Å². The maximum atomic E-state index is 2.27. The Morgan fingerprint density at radius 3 is 0.452 bits per heavy atom. The molecule has 0 unspecified atom stereocenters. The average Bonchev–Trinajstić information content (AvgIpc) is 3.15. The Hall–Kier alpha value is -3.38. The molecule has 0 spiro atoms. The summed E-state index contributed by atoms with van der Waals surface area (Å²) in [5, 5.41) is 13.4. The molecule has 0 aliphatic carbocycles. The predicted octanol–water partition coefficient (Wildman–Crippen LogP) is 15.7. The topological polar surface area (TPSA) is 0 Å². The second kappa shape index (κ2) is 27.8. The SMILES string of the molecule is CC.CC.CC.CC.CC.CC.CC.CC.c1ccc2c(c1)c1ccccc1c1c3ccccc3c3ccccc3c21. The minimum atomic E-state index is 1.33. The van der Waals surface area contributed by atoms with Crippen LogP contribution in [0.25, 0.3) is 53.9 Å². The van der Waals surface area contributed by atoms with E-state index in [0.717, 1.165) is 0 Å². The van der Waals surface area contributed by atoms with Crippen molar-refractivity contribution in [3.8, 4) is 0 Å². The summed E-state index contributed by atoms with van der Waals surface area (Å²) in [5.74, 6) is 0. The first kappa shape index (κ1) is 43.1. The number of fused-ring (bicyclic) bond motifs is 11. The molecule has 0 saturated heterocycles. The summed E-state index contributed by atoms with van der Waals surface area (Å²) in [6, 6.07) is 35.3. The van der Waals surface area contributed by atoms with Crippen LogP contribution >= 0.6 is 0 Å². The van der Waals surface area contributed by atoms with Gasteiger partial charge in [-0.25, -0.2) is 0 Å². The molecule has 42 heavy (non-hydrogen) atoms. The molecule has 0 N–H and O–H groups in total. The average molecular weight is 569 g/mol. The van der Waals surface area contributed by atoms with Crippen LogP contribution < -0.4 is 0 Å². The van der Waals surface area contributed by atoms with E-state index in [4.69, 9.17) is 0 Å². The Morgan fingerprint density at radius 2 is 0.310 bits per heavy atom. The first-order chi connectivity index (χ1) is 20.9. The molecule has 0 aliphatic heterocycles. The lowest BCUT2D eigenvalue weighted by atomic mass is 9.87. The van der Waals surface area contributed by atoms with E-state index in [0.29, 0.717) is 0 Å². The van der Waals surface area contributed by atoms with Crippen molar-refractivity contribution in [3.05, 3.63) is 97.1 Å². The van der Waals surface area contributed by atoms with Crippen molar-refractivity contribution in [3.63, 3.8) is 0 Å². The fraction of sp³-hybridized carbons (Fsp3) is 0.381. The van der Waals surface area contributed by atoms with Gasteiger partial charge in [0.05, 0.1) is 0 Å². The molecule has 0 bridgehead atoms. The second-order valence-corrected chi connectivity index (χ2v) is 6.93. The zero-order chi connectivity index (χ0) is 33.1. The molecule has 0 amide bonds. The first-order valence-electron chi connectivity index (χ1n) is 17.1. The summed E-state index contributed by atoms with van der Waals surface area (Å²) < 4.78 is 0. The Labute approximate surface area is 261 Å². The van der Waals surface area contributed by atoms with Crippen LogP contribution in [0.2, 0.25) is 0 Å². The summed E-state index contributed by atoms with van der Waals surface area (Å²) in [5.41, 5.74) is 0. The van der Waals surface area contributed by atoms with E-state index < -0.39 is 0 Å². The summed E-state index contributed by atoms with van der Waals surface area (Å²) in [6.45, 7) is 32.0. The highest BCUT2D eigenvalue weighted by molar-refractivity contribution is 6.39. The highest BCUT2D eigenvalue weighted by Gasteiger charge is 2.14. The van der Waals surface area contributed by atoms with E-state index in [1.165, 1.54) is 53.9 Å². The monoisotopic (exact) mass is 569 g/mol. The zero-order valence-electron chi connectivity index (χ0n) is 30.2. The molecule has 0 heterocycles. The molecule has 0 atom stereocenters. The van der Waals surface area contributed by atoms with Gasteiger partial charge in [0, 0.05) is 0 Å². The minimum absolute atomic E-state index is 1.33. The zero-order valence-corrected chi connectivity index (χ0v) is 30.2. The van der Waals surface area contributed by atoms with E-state index in [-0.39, 0.29) is 0 Å². The third-order valence-electron chi connectivity index (χ3n) is 5.62. The molecule has 0 radical (unpaired) electrons. The molecule has 0 aliphatic rings. The van der Waals surface area contributed by atoms with Crippen LogP contribution in [0.4, 0.5) is 0 Å².